The van der Waals surface area contributed by atoms with Crippen LogP contribution in [-0.2, 0) is 0 Å². The average molecular weight is 422 g/mol. The summed E-state index contributed by atoms with van der Waals surface area (Å²) in [5.41, 5.74) is 6.06. The van der Waals surface area contributed by atoms with Crippen molar-refractivity contribution >= 4 is 23.1 Å². The molecule has 150 valence electrons. The molecule has 0 bridgehead atoms. The molecular formula is C27H20ClN3. The molecule has 0 fully saturated rings. The predicted molar refractivity (Wildman–Crippen MR) is 129 cm³/mol. The van der Waals surface area contributed by atoms with Gasteiger partial charge in [-0.05, 0) is 42.0 Å². The summed E-state index contributed by atoms with van der Waals surface area (Å²) in [6, 6.07) is 38.5. The van der Waals surface area contributed by atoms with Crippen molar-refractivity contribution in [1.29, 1.82) is 0 Å². The lowest BCUT2D eigenvalue weighted by atomic mass is 10.0. The van der Waals surface area contributed by atoms with Gasteiger partial charge in [0.1, 0.15) is 11.5 Å². The van der Waals surface area contributed by atoms with Gasteiger partial charge in [0.15, 0.2) is 0 Å². The SMILES string of the molecule is Clc1ccc(Nc2c(-c3ccccc3)c(-c3ccccc3)nn2-c2ccccc2)cc1. The van der Waals surface area contributed by atoms with Crippen LogP contribution in [0.1, 0.15) is 0 Å². The Labute approximate surface area is 186 Å². The molecule has 5 rings (SSSR count). The summed E-state index contributed by atoms with van der Waals surface area (Å²) in [7, 11) is 0. The number of aromatic nitrogens is 2. The molecule has 0 aliphatic carbocycles. The Balaban J connectivity index is 1.78. The van der Waals surface area contributed by atoms with Crippen LogP contribution in [0.2, 0.25) is 5.02 Å². The van der Waals surface area contributed by atoms with Crippen LogP contribution < -0.4 is 5.32 Å². The van der Waals surface area contributed by atoms with Crippen LogP contribution in [0.4, 0.5) is 11.5 Å². The maximum absolute atomic E-state index is 6.11. The Morgan fingerprint density at radius 2 is 1.16 bits per heavy atom. The molecule has 0 saturated carbocycles. The van der Waals surface area contributed by atoms with E-state index in [9.17, 15) is 0 Å². The van der Waals surface area contributed by atoms with E-state index < -0.39 is 0 Å². The van der Waals surface area contributed by atoms with Crippen LogP contribution >= 0.6 is 11.6 Å². The van der Waals surface area contributed by atoms with E-state index in [1.165, 1.54) is 0 Å². The number of nitrogens with one attached hydrogen (secondary N) is 1. The van der Waals surface area contributed by atoms with Crippen molar-refractivity contribution in [1.82, 2.24) is 9.78 Å². The maximum atomic E-state index is 6.11. The lowest BCUT2D eigenvalue weighted by Crippen LogP contribution is -2.03. The first-order chi connectivity index (χ1) is 15.3. The zero-order valence-electron chi connectivity index (χ0n) is 16.7. The van der Waals surface area contributed by atoms with E-state index in [4.69, 9.17) is 16.7 Å². The van der Waals surface area contributed by atoms with Gasteiger partial charge in [-0.2, -0.15) is 5.10 Å². The molecule has 1 aromatic heterocycles. The Bertz CT molecular complexity index is 1280. The van der Waals surface area contributed by atoms with E-state index >= 15 is 0 Å². The zero-order chi connectivity index (χ0) is 21.0. The van der Waals surface area contributed by atoms with Crippen molar-refractivity contribution in [3.63, 3.8) is 0 Å². The molecule has 0 amide bonds. The minimum atomic E-state index is 0.704. The fourth-order valence-corrected chi connectivity index (χ4v) is 3.76. The molecule has 4 aromatic carbocycles. The first-order valence-electron chi connectivity index (χ1n) is 10.1. The smallest absolute Gasteiger partial charge is 0.142 e. The molecule has 4 heteroatoms. The third-order valence-electron chi connectivity index (χ3n) is 5.10. The molecule has 0 unspecified atom stereocenters. The number of hydrogen-bond donors (Lipinski definition) is 1. The molecule has 0 radical (unpaired) electrons. The van der Waals surface area contributed by atoms with E-state index in [0.29, 0.717) is 5.02 Å². The number of benzene rings is 4. The second kappa shape index (κ2) is 8.50. The third kappa shape index (κ3) is 3.96. The van der Waals surface area contributed by atoms with Gasteiger partial charge in [-0.15, -0.1) is 0 Å². The van der Waals surface area contributed by atoms with Crippen molar-refractivity contribution in [2.75, 3.05) is 5.32 Å². The maximum Gasteiger partial charge on any atom is 0.142 e. The predicted octanol–water partition coefficient (Wildman–Crippen LogP) is 7.60. The molecule has 0 spiro atoms. The van der Waals surface area contributed by atoms with Crippen molar-refractivity contribution in [3.05, 3.63) is 120 Å². The average Bonchev–Trinajstić information content (AvgIpc) is 3.21. The minimum absolute atomic E-state index is 0.704. The van der Waals surface area contributed by atoms with Gasteiger partial charge in [-0.1, -0.05) is 90.5 Å². The third-order valence-corrected chi connectivity index (χ3v) is 5.35. The molecular weight excluding hydrogens is 402 g/mol. The molecule has 0 aliphatic heterocycles. The Kier molecular flexibility index (Phi) is 5.26. The summed E-state index contributed by atoms with van der Waals surface area (Å²) >= 11 is 6.11. The summed E-state index contributed by atoms with van der Waals surface area (Å²) < 4.78 is 1.97. The highest BCUT2D eigenvalue weighted by molar-refractivity contribution is 6.30. The Morgan fingerprint density at radius 1 is 0.613 bits per heavy atom. The highest BCUT2D eigenvalue weighted by atomic mass is 35.5. The van der Waals surface area contributed by atoms with E-state index in [1.807, 2.05) is 71.4 Å². The molecule has 0 saturated heterocycles. The Hall–Kier alpha value is -3.82. The van der Waals surface area contributed by atoms with Gasteiger partial charge in [0, 0.05) is 16.3 Å². The normalized spacial score (nSPS) is 10.7. The van der Waals surface area contributed by atoms with Crippen molar-refractivity contribution in [2.24, 2.45) is 0 Å². The Morgan fingerprint density at radius 3 is 1.77 bits per heavy atom. The van der Waals surface area contributed by atoms with E-state index in [-0.39, 0.29) is 0 Å². The van der Waals surface area contributed by atoms with Gasteiger partial charge in [-0.3, -0.25) is 0 Å². The zero-order valence-corrected chi connectivity index (χ0v) is 17.5. The molecule has 5 aromatic rings. The monoisotopic (exact) mass is 421 g/mol. The fraction of sp³-hybridized carbons (Fsp3) is 0. The topological polar surface area (TPSA) is 29.9 Å². The van der Waals surface area contributed by atoms with E-state index in [0.717, 1.165) is 39.6 Å². The number of anilines is 2. The second-order valence-corrected chi connectivity index (χ2v) is 7.62. The number of para-hydroxylation sites is 1. The summed E-state index contributed by atoms with van der Waals surface area (Å²) in [5.74, 6) is 0.901. The van der Waals surface area contributed by atoms with Crippen LogP contribution in [0.15, 0.2) is 115 Å². The van der Waals surface area contributed by atoms with Gasteiger partial charge < -0.3 is 5.32 Å². The van der Waals surface area contributed by atoms with E-state index in [1.54, 1.807) is 0 Å². The lowest BCUT2D eigenvalue weighted by molar-refractivity contribution is 0.892. The number of halogens is 1. The molecule has 31 heavy (non-hydrogen) atoms. The summed E-state index contributed by atoms with van der Waals surface area (Å²) in [6.07, 6.45) is 0. The summed E-state index contributed by atoms with van der Waals surface area (Å²) in [4.78, 5) is 0. The molecule has 0 atom stereocenters. The molecule has 1 heterocycles. The van der Waals surface area contributed by atoms with Crippen molar-refractivity contribution < 1.29 is 0 Å². The molecule has 3 nitrogen and oxygen atoms in total. The van der Waals surface area contributed by atoms with Crippen molar-refractivity contribution in [3.8, 4) is 28.1 Å². The minimum Gasteiger partial charge on any atom is -0.340 e. The van der Waals surface area contributed by atoms with Gasteiger partial charge in [0.05, 0.1) is 11.3 Å². The van der Waals surface area contributed by atoms with Crippen LogP contribution in [0.3, 0.4) is 0 Å². The van der Waals surface area contributed by atoms with Gasteiger partial charge in [0.2, 0.25) is 0 Å². The second-order valence-electron chi connectivity index (χ2n) is 7.18. The van der Waals surface area contributed by atoms with Crippen molar-refractivity contribution in [2.45, 2.75) is 0 Å². The number of nitrogens with zero attached hydrogens (tertiary/aromatic N) is 2. The quantitative estimate of drug-likeness (QED) is 0.316. The van der Waals surface area contributed by atoms with Gasteiger partial charge >= 0.3 is 0 Å². The highest BCUT2D eigenvalue weighted by Gasteiger charge is 2.22. The molecule has 1 N–H and O–H groups in total. The molecule has 0 aliphatic rings. The standard InChI is InChI=1S/C27H20ClN3/c28-22-16-18-23(19-17-22)29-27-25(20-10-4-1-5-11-20)26(21-12-6-2-7-13-21)30-31(27)24-14-8-3-9-15-24/h1-19,29H. The summed E-state index contributed by atoms with van der Waals surface area (Å²) in [6.45, 7) is 0. The first kappa shape index (κ1) is 19.2. The van der Waals surface area contributed by atoms with Crippen LogP contribution in [0.5, 0.6) is 0 Å². The highest BCUT2D eigenvalue weighted by Crippen LogP contribution is 2.40. The number of hydrogen-bond acceptors (Lipinski definition) is 2. The fourth-order valence-electron chi connectivity index (χ4n) is 3.64. The summed E-state index contributed by atoms with van der Waals surface area (Å²) in [5, 5.41) is 9.37. The van der Waals surface area contributed by atoms with Gasteiger partial charge in [-0.25, -0.2) is 4.68 Å². The van der Waals surface area contributed by atoms with Crippen LogP contribution in [-0.4, -0.2) is 9.78 Å². The van der Waals surface area contributed by atoms with Crippen LogP contribution in [0, 0.1) is 0 Å². The van der Waals surface area contributed by atoms with Crippen LogP contribution in [0.25, 0.3) is 28.1 Å². The lowest BCUT2D eigenvalue weighted by Gasteiger charge is -2.13. The van der Waals surface area contributed by atoms with E-state index in [2.05, 4.69) is 53.8 Å². The number of rotatable bonds is 5. The van der Waals surface area contributed by atoms with Gasteiger partial charge in [0.25, 0.3) is 0 Å². The first-order valence-corrected chi connectivity index (χ1v) is 10.5. The largest absolute Gasteiger partial charge is 0.340 e.